The Bertz CT molecular complexity index is 775. The quantitative estimate of drug-likeness (QED) is 0.476. The van der Waals surface area contributed by atoms with E-state index >= 15 is 0 Å². The average Bonchev–Trinajstić information content (AvgIpc) is 2.78. The first-order valence-corrected chi connectivity index (χ1v) is 7.53. The normalized spacial score (nSPS) is 11.0. The minimum Gasteiger partial charge on any atom is -0.454 e. The number of carbonyl (C=O) groups is 2. The Hall–Kier alpha value is -2.33. The molecule has 1 heterocycles. The van der Waals surface area contributed by atoms with Gasteiger partial charge < -0.3 is 9.30 Å². The van der Waals surface area contributed by atoms with Gasteiger partial charge in [-0.1, -0.05) is 23.7 Å². The molecule has 5 heteroatoms. The molecule has 0 radical (unpaired) electrons. The summed E-state index contributed by atoms with van der Waals surface area (Å²) in [5.41, 5.74) is 3.21. The van der Waals surface area contributed by atoms with E-state index in [1.54, 1.807) is 30.3 Å². The zero-order valence-electron chi connectivity index (χ0n) is 13.3. The van der Waals surface area contributed by atoms with Crippen LogP contribution in [-0.2, 0) is 16.6 Å². The van der Waals surface area contributed by atoms with Crippen molar-refractivity contribution in [2.24, 2.45) is 7.05 Å². The van der Waals surface area contributed by atoms with E-state index < -0.39 is 5.97 Å². The van der Waals surface area contributed by atoms with E-state index in [0.29, 0.717) is 10.6 Å². The van der Waals surface area contributed by atoms with E-state index in [1.807, 2.05) is 31.5 Å². The highest BCUT2D eigenvalue weighted by Crippen LogP contribution is 2.14. The molecule has 0 aliphatic heterocycles. The molecule has 120 valence electrons. The van der Waals surface area contributed by atoms with E-state index in [1.165, 1.54) is 6.08 Å². The molecule has 1 aromatic heterocycles. The molecule has 0 atom stereocenters. The second kappa shape index (κ2) is 7.29. The lowest BCUT2D eigenvalue weighted by Crippen LogP contribution is -2.13. The average molecular weight is 332 g/mol. The van der Waals surface area contributed by atoms with Gasteiger partial charge in [-0.25, -0.2) is 4.79 Å². The van der Waals surface area contributed by atoms with Crippen molar-refractivity contribution in [2.75, 3.05) is 6.61 Å². The van der Waals surface area contributed by atoms with Crippen molar-refractivity contribution >= 4 is 29.4 Å². The first-order chi connectivity index (χ1) is 10.9. The second-order valence-electron chi connectivity index (χ2n) is 5.26. The summed E-state index contributed by atoms with van der Waals surface area (Å²) in [5.74, 6) is -0.778. The van der Waals surface area contributed by atoms with Crippen LogP contribution in [0.4, 0.5) is 0 Å². The highest BCUT2D eigenvalue weighted by atomic mass is 35.5. The van der Waals surface area contributed by atoms with E-state index in [9.17, 15) is 9.59 Å². The van der Waals surface area contributed by atoms with Crippen LogP contribution in [0, 0.1) is 13.8 Å². The topological polar surface area (TPSA) is 48.3 Å². The number of carbonyl (C=O) groups excluding carboxylic acids is 2. The molecule has 0 N–H and O–H groups in total. The zero-order chi connectivity index (χ0) is 17.0. The van der Waals surface area contributed by atoms with Gasteiger partial charge in [0.25, 0.3) is 0 Å². The number of benzene rings is 1. The predicted molar refractivity (Wildman–Crippen MR) is 90.7 cm³/mol. The van der Waals surface area contributed by atoms with Crippen molar-refractivity contribution in [1.82, 2.24) is 4.57 Å². The number of ketones is 1. The van der Waals surface area contributed by atoms with Crippen LogP contribution >= 0.6 is 11.6 Å². The molecule has 0 spiro atoms. The van der Waals surface area contributed by atoms with Crippen molar-refractivity contribution in [1.29, 1.82) is 0 Å². The Morgan fingerprint density at radius 3 is 2.61 bits per heavy atom. The number of hydrogen-bond acceptors (Lipinski definition) is 3. The first-order valence-electron chi connectivity index (χ1n) is 7.15. The Morgan fingerprint density at radius 1 is 1.26 bits per heavy atom. The summed E-state index contributed by atoms with van der Waals surface area (Å²) >= 11 is 5.86. The minimum atomic E-state index is -0.566. The van der Waals surface area contributed by atoms with Gasteiger partial charge in [0.1, 0.15) is 0 Å². The monoisotopic (exact) mass is 331 g/mol. The Labute approximate surface area is 140 Å². The number of aryl methyl sites for hydroxylation is 1. The summed E-state index contributed by atoms with van der Waals surface area (Å²) in [6.45, 7) is 3.51. The summed E-state index contributed by atoms with van der Waals surface area (Å²) in [7, 11) is 1.89. The van der Waals surface area contributed by atoms with Gasteiger partial charge in [0.05, 0.1) is 0 Å². The third-order valence-electron chi connectivity index (χ3n) is 3.68. The highest BCUT2D eigenvalue weighted by Gasteiger charge is 2.15. The SMILES string of the molecule is Cc1cc(C(=O)COC(=O)/C=C/c2cccc(Cl)c2)c(C)n1C. The molecule has 0 bridgehead atoms. The number of esters is 1. The molecule has 0 unspecified atom stereocenters. The molecule has 4 nitrogen and oxygen atoms in total. The maximum Gasteiger partial charge on any atom is 0.331 e. The first kappa shape index (κ1) is 17.0. The van der Waals surface area contributed by atoms with Gasteiger partial charge >= 0.3 is 5.97 Å². The van der Waals surface area contributed by atoms with Crippen LogP contribution < -0.4 is 0 Å². The van der Waals surface area contributed by atoms with E-state index in [0.717, 1.165) is 17.0 Å². The van der Waals surface area contributed by atoms with Crippen molar-refractivity contribution in [2.45, 2.75) is 13.8 Å². The van der Waals surface area contributed by atoms with Gasteiger partial charge in [-0.3, -0.25) is 4.79 Å². The summed E-state index contributed by atoms with van der Waals surface area (Å²) in [5, 5.41) is 0.589. The van der Waals surface area contributed by atoms with Crippen molar-refractivity contribution in [3.8, 4) is 0 Å². The van der Waals surface area contributed by atoms with Crippen molar-refractivity contribution in [3.05, 3.63) is 63.9 Å². The number of hydrogen-bond donors (Lipinski definition) is 0. The number of Topliss-reactive ketones (excluding diaryl/α,β-unsaturated/α-hetero) is 1. The number of nitrogens with zero attached hydrogens (tertiary/aromatic N) is 1. The van der Waals surface area contributed by atoms with Gasteiger partial charge in [-0.05, 0) is 43.7 Å². The second-order valence-corrected chi connectivity index (χ2v) is 5.70. The highest BCUT2D eigenvalue weighted by molar-refractivity contribution is 6.30. The molecule has 0 saturated carbocycles. The number of halogens is 1. The number of aromatic nitrogens is 1. The van der Waals surface area contributed by atoms with E-state index in [2.05, 4.69) is 0 Å². The minimum absolute atomic E-state index is 0.212. The lowest BCUT2D eigenvalue weighted by molar-refractivity contribution is -0.136. The summed E-state index contributed by atoms with van der Waals surface area (Å²) in [6.07, 6.45) is 2.87. The van der Waals surface area contributed by atoms with Gasteiger partial charge in [-0.2, -0.15) is 0 Å². The molecule has 0 saturated heterocycles. The van der Waals surface area contributed by atoms with E-state index in [-0.39, 0.29) is 12.4 Å². The van der Waals surface area contributed by atoms with Gasteiger partial charge in [0.2, 0.25) is 5.78 Å². The summed E-state index contributed by atoms with van der Waals surface area (Å²) in [6, 6.07) is 8.88. The number of ether oxygens (including phenoxy) is 1. The van der Waals surface area contributed by atoms with Gasteiger partial charge in [0, 0.05) is 35.1 Å². The van der Waals surface area contributed by atoms with Gasteiger partial charge in [-0.15, -0.1) is 0 Å². The standard InChI is InChI=1S/C18H18ClNO3/c1-12-9-16(13(2)20(12)3)17(21)11-23-18(22)8-7-14-5-4-6-15(19)10-14/h4-10H,11H2,1-3H3/b8-7+. The maximum atomic E-state index is 12.1. The van der Waals surface area contributed by atoms with Crippen molar-refractivity contribution < 1.29 is 14.3 Å². The van der Waals surface area contributed by atoms with Crippen LogP contribution in [0.3, 0.4) is 0 Å². The van der Waals surface area contributed by atoms with Crippen LogP contribution in [0.15, 0.2) is 36.4 Å². The Balaban J connectivity index is 1.93. The molecule has 0 fully saturated rings. The van der Waals surface area contributed by atoms with Crippen LogP contribution in [-0.4, -0.2) is 22.9 Å². The van der Waals surface area contributed by atoms with Crippen LogP contribution in [0.25, 0.3) is 6.08 Å². The molecule has 1 aromatic carbocycles. The smallest absolute Gasteiger partial charge is 0.331 e. The fourth-order valence-corrected chi connectivity index (χ4v) is 2.37. The third-order valence-corrected chi connectivity index (χ3v) is 3.92. The fraction of sp³-hybridized carbons (Fsp3) is 0.222. The van der Waals surface area contributed by atoms with Crippen LogP contribution in [0.5, 0.6) is 0 Å². The van der Waals surface area contributed by atoms with Crippen LogP contribution in [0.2, 0.25) is 5.02 Å². The molecular weight excluding hydrogens is 314 g/mol. The zero-order valence-corrected chi connectivity index (χ0v) is 14.1. The molecular formula is C18H18ClNO3. The molecule has 2 rings (SSSR count). The van der Waals surface area contributed by atoms with Crippen molar-refractivity contribution in [3.63, 3.8) is 0 Å². The fourth-order valence-electron chi connectivity index (χ4n) is 2.17. The largest absolute Gasteiger partial charge is 0.454 e. The molecule has 0 amide bonds. The number of rotatable bonds is 5. The Morgan fingerprint density at radius 2 is 2.00 bits per heavy atom. The molecule has 0 aliphatic carbocycles. The molecule has 23 heavy (non-hydrogen) atoms. The molecule has 2 aromatic rings. The van der Waals surface area contributed by atoms with Gasteiger partial charge in [0.15, 0.2) is 6.61 Å². The van der Waals surface area contributed by atoms with E-state index in [4.69, 9.17) is 16.3 Å². The lowest BCUT2D eigenvalue weighted by atomic mass is 10.1. The summed E-state index contributed by atoms with van der Waals surface area (Å²) < 4.78 is 6.92. The van der Waals surface area contributed by atoms with Crippen LogP contribution in [0.1, 0.15) is 27.3 Å². The third kappa shape index (κ3) is 4.33. The predicted octanol–water partition coefficient (Wildman–Crippen LogP) is 3.73. The lowest BCUT2D eigenvalue weighted by Gasteiger charge is -2.03. The summed E-state index contributed by atoms with van der Waals surface area (Å²) in [4.78, 5) is 23.8. The Kier molecular flexibility index (Phi) is 5.40. The maximum absolute atomic E-state index is 12.1. The molecule has 0 aliphatic rings.